The Kier molecular flexibility index (Phi) is 4.18. The van der Waals surface area contributed by atoms with Gasteiger partial charge in [0.15, 0.2) is 0 Å². The number of aliphatic hydroxyl groups is 5. The quantitative estimate of drug-likeness (QED) is 0.360. The maximum Gasteiger partial charge on any atom is 0.224 e. The standard InChI is InChI=1S/C14H16INO6/c15-6-1-2-9-7(3-6)8(4-16-9)14(21)13(20)12(19)11(18)10(5-17)22-14/h1-4,10-13,16-21H,5H2/t10-,11+,12+,13-,14?/m1/s1. The minimum atomic E-state index is -2.24. The van der Waals surface area contributed by atoms with Crippen LogP contribution in [0.1, 0.15) is 5.56 Å². The summed E-state index contributed by atoms with van der Waals surface area (Å²) >= 11 is 2.11. The predicted octanol–water partition coefficient (Wildman–Crippen LogP) is -0.609. The molecular formula is C14H16INO6. The fourth-order valence-corrected chi connectivity index (χ4v) is 3.26. The lowest BCUT2D eigenvalue weighted by Gasteiger charge is -2.45. The van der Waals surface area contributed by atoms with E-state index in [1.54, 1.807) is 6.07 Å². The van der Waals surface area contributed by atoms with Crippen LogP contribution in [-0.2, 0) is 10.5 Å². The highest BCUT2D eigenvalue weighted by atomic mass is 127. The third kappa shape index (κ3) is 2.35. The number of hydrogen-bond acceptors (Lipinski definition) is 6. The first-order chi connectivity index (χ1) is 10.4. The molecule has 5 atom stereocenters. The Bertz CT molecular complexity index is 689. The Morgan fingerprint density at radius 3 is 2.64 bits per heavy atom. The molecular weight excluding hydrogens is 405 g/mol. The molecule has 7 nitrogen and oxygen atoms in total. The molecule has 1 aromatic carbocycles. The number of aliphatic hydroxyl groups excluding tert-OH is 4. The van der Waals surface area contributed by atoms with E-state index in [9.17, 15) is 25.5 Å². The first-order valence-electron chi connectivity index (χ1n) is 6.71. The maximum absolute atomic E-state index is 10.8. The number of benzene rings is 1. The van der Waals surface area contributed by atoms with E-state index in [1.165, 1.54) is 6.20 Å². The van der Waals surface area contributed by atoms with Gasteiger partial charge in [0.05, 0.1) is 6.61 Å². The van der Waals surface area contributed by atoms with Crippen molar-refractivity contribution in [2.75, 3.05) is 6.61 Å². The number of fused-ring (bicyclic) bond motifs is 1. The number of rotatable bonds is 2. The van der Waals surface area contributed by atoms with E-state index in [2.05, 4.69) is 27.6 Å². The normalized spacial score (nSPS) is 35.9. The number of hydrogen-bond donors (Lipinski definition) is 6. The summed E-state index contributed by atoms with van der Waals surface area (Å²) in [5.41, 5.74) is 0.957. The van der Waals surface area contributed by atoms with Crippen LogP contribution >= 0.6 is 22.6 Å². The van der Waals surface area contributed by atoms with Gasteiger partial charge >= 0.3 is 0 Å². The fraction of sp³-hybridized carbons (Fsp3) is 0.429. The molecule has 1 saturated heterocycles. The second kappa shape index (κ2) is 5.71. The van der Waals surface area contributed by atoms with Gasteiger partial charge in [0, 0.05) is 26.2 Å². The Balaban J connectivity index is 2.12. The summed E-state index contributed by atoms with van der Waals surface area (Å²) < 4.78 is 6.25. The Hall–Kier alpha value is -0.750. The third-order valence-corrected chi connectivity index (χ3v) is 4.67. The van der Waals surface area contributed by atoms with Crippen molar-refractivity contribution >= 4 is 33.5 Å². The first kappa shape index (κ1) is 16.1. The van der Waals surface area contributed by atoms with Crippen LogP contribution in [0.3, 0.4) is 0 Å². The van der Waals surface area contributed by atoms with Gasteiger partial charge in [-0.1, -0.05) is 0 Å². The SMILES string of the molecule is OC[C@H]1OC(O)(c2c[nH]c3ccc(I)cc23)[C@H](O)[C@@H](O)[C@H]1O. The van der Waals surface area contributed by atoms with Gasteiger partial charge in [0.1, 0.15) is 24.4 Å². The van der Waals surface area contributed by atoms with Crippen molar-refractivity contribution in [2.45, 2.75) is 30.2 Å². The highest BCUT2D eigenvalue weighted by molar-refractivity contribution is 14.1. The lowest BCUT2D eigenvalue weighted by molar-refractivity contribution is -0.357. The van der Waals surface area contributed by atoms with Crippen molar-refractivity contribution in [3.05, 3.63) is 33.5 Å². The second-order valence-electron chi connectivity index (χ2n) is 5.35. The zero-order valence-electron chi connectivity index (χ0n) is 11.3. The molecule has 2 heterocycles. The van der Waals surface area contributed by atoms with E-state index in [-0.39, 0.29) is 5.56 Å². The average molecular weight is 421 g/mol. The van der Waals surface area contributed by atoms with Gasteiger partial charge in [-0.25, -0.2) is 0 Å². The fourth-order valence-electron chi connectivity index (χ4n) is 2.77. The van der Waals surface area contributed by atoms with Gasteiger partial charge < -0.3 is 35.3 Å². The van der Waals surface area contributed by atoms with Crippen molar-refractivity contribution in [3.63, 3.8) is 0 Å². The first-order valence-corrected chi connectivity index (χ1v) is 7.78. The minimum absolute atomic E-state index is 0.234. The van der Waals surface area contributed by atoms with Crippen molar-refractivity contribution in [3.8, 4) is 0 Å². The highest BCUT2D eigenvalue weighted by Gasteiger charge is 2.54. The minimum Gasteiger partial charge on any atom is -0.394 e. The topological polar surface area (TPSA) is 126 Å². The smallest absolute Gasteiger partial charge is 0.224 e. The number of nitrogens with one attached hydrogen (secondary N) is 1. The van der Waals surface area contributed by atoms with Crippen LogP contribution < -0.4 is 0 Å². The molecule has 1 aliphatic heterocycles. The maximum atomic E-state index is 10.8. The van der Waals surface area contributed by atoms with E-state index >= 15 is 0 Å². The van der Waals surface area contributed by atoms with E-state index < -0.39 is 36.8 Å². The summed E-state index contributed by atoms with van der Waals surface area (Å²) in [7, 11) is 0. The number of aromatic amines is 1. The summed E-state index contributed by atoms with van der Waals surface area (Å²) in [4.78, 5) is 2.96. The molecule has 2 aromatic rings. The van der Waals surface area contributed by atoms with Crippen molar-refractivity contribution < 1.29 is 30.3 Å². The summed E-state index contributed by atoms with van der Waals surface area (Å²) in [6.45, 7) is -0.604. The largest absolute Gasteiger partial charge is 0.394 e. The van der Waals surface area contributed by atoms with E-state index in [4.69, 9.17) is 4.74 Å². The lowest BCUT2D eigenvalue weighted by Crippen LogP contribution is -2.63. The number of halogens is 1. The molecule has 1 fully saturated rings. The van der Waals surface area contributed by atoms with Crippen LogP contribution in [-0.4, -0.2) is 61.5 Å². The Morgan fingerprint density at radius 1 is 1.23 bits per heavy atom. The van der Waals surface area contributed by atoms with Crippen molar-refractivity contribution in [1.82, 2.24) is 4.98 Å². The molecule has 3 rings (SSSR count). The zero-order valence-corrected chi connectivity index (χ0v) is 13.5. The van der Waals surface area contributed by atoms with Gasteiger partial charge in [-0.3, -0.25) is 0 Å². The molecule has 1 aromatic heterocycles. The van der Waals surface area contributed by atoms with Crippen molar-refractivity contribution in [2.24, 2.45) is 0 Å². The Labute approximate surface area is 139 Å². The summed E-state index contributed by atoms with van der Waals surface area (Å²) in [5.74, 6) is -2.24. The van der Waals surface area contributed by atoms with Gasteiger partial charge in [0.2, 0.25) is 5.79 Å². The lowest BCUT2D eigenvalue weighted by atomic mass is 9.88. The Morgan fingerprint density at radius 2 is 1.95 bits per heavy atom. The molecule has 8 heteroatoms. The summed E-state index contributed by atoms with van der Waals surface area (Å²) in [5, 5.41) is 50.6. The van der Waals surface area contributed by atoms with Gasteiger partial charge in [-0.15, -0.1) is 0 Å². The zero-order chi connectivity index (χ0) is 16.1. The van der Waals surface area contributed by atoms with Crippen molar-refractivity contribution in [1.29, 1.82) is 0 Å². The summed E-state index contributed by atoms with van der Waals surface area (Å²) in [6.07, 6.45) is -4.64. The molecule has 120 valence electrons. The van der Waals surface area contributed by atoms with Crippen LogP contribution in [0.2, 0.25) is 0 Å². The molecule has 1 unspecified atom stereocenters. The number of ether oxygens (including phenoxy) is 1. The summed E-state index contributed by atoms with van der Waals surface area (Å²) in [6, 6.07) is 5.48. The van der Waals surface area contributed by atoms with Crippen LogP contribution in [0.5, 0.6) is 0 Å². The number of H-pyrrole nitrogens is 1. The van der Waals surface area contributed by atoms with E-state index in [0.717, 1.165) is 9.09 Å². The van der Waals surface area contributed by atoms with Crippen LogP contribution in [0, 0.1) is 3.57 Å². The predicted molar refractivity (Wildman–Crippen MR) is 84.9 cm³/mol. The molecule has 22 heavy (non-hydrogen) atoms. The second-order valence-corrected chi connectivity index (χ2v) is 6.60. The molecule has 0 aliphatic carbocycles. The molecule has 6 N–H and O–H groups in total. The van der Waals surface area contributed by atoms with Crippen LogP contribution in [0.25, 0.3) is 10.9 Å². The number of aromatic nitrogens is 1. The highest BCUT2D eigenvalue weighted by Crippen LogP contribution is 2.39. The monoisotopic (exact) mass is 421 g/mol. The molecule has 1 aliphatic rings. The third-order valence-electron chi connectivity index (χ3n) is 4.00. The molecule has 0 bridgehead atoms. The van der Waals surface area contributed by atoms with E-state index in [1.807, 2.05) is 12.1 Å². The van der Waals surface area contributed by atoms with Crippen LogP contribution in [0.15, 0.2) is 24.4 Å². The van der Waals surface area contributed by atoms with Gasteiger partial charge in [0.25, 0.3) is 0 Å². The van der Waals surface area contributed by atoms with Gasteiger partial charge in [-0.2, -0.15) is 0 Å². The molecule has 0 saturated carbocycles. The van der Waals surface area contributed by atoms with Crippen LogP contribution in [0.4, 0.5) is 0 Å². The van der Waals surface area contributed by atoms with E-state index in [0.29, 0.717) is 5.39 Å². The molecule has 0 spiro atoms. The molecule has 0 radical (unpaired) electrons. The van der Waals surface area contributed by atoms with Gasteiger partial charge in [-0.05, 0) is 40.8 Å². The molecule has 0 amide bonds. The average Bonchev–Trinajstić information content (AvgIpc) is 2.92.